The maximum Gasteiger partial charge on any atom is 0.353 e. The molecule has 0 N–H and O–H groups in total. The monoisotopic (exact) mass is 484 g/mol. The van der Waals surface area contributed by atoms with Crippen molar-refractivity contribution in [3.63, 3.8) is 0 Å². The van der Waals surface area contributed by atoms with Crippen LogP contribution in [0.2, 0.25) is 5.02 Å². The zero-order valence-electron chi connectivity index (χ0n) is 14.4. The van der Waals surface area contributed by atoms with E-state index in [4.69, 9.17) is 16.3 Å². The average Bonchev–Trinajstić information content (AvgIpc) is 2.60. The first-order valence-corrected chi connectivity index (χ1v) is 10.5. The minimum atomic E-state index is -3.87. The van der Waals surface area contributed by atoms with Gasteiger partial charge in [-0.2, -0.15) is 8.42 Å². The van der Waals surface area contributed by atoms with Crippen LogP contribution in [0, 0.1) is 5.82 Å². The Hall–Kier alpha value is -1.72. The summed E-state index contributed by atoms with van der Waals surface area (Å²) in [6.07, 6.45) is 0.799. The summed E-state index contributed by atoms with van der Waals surface area (Å²) in [5, 5.41) is 3.65. The van der Waals surface area contributed by atoms with Crippen molar-refractivity contribution in [1.82, 2.24) is 0 Å². The summed E-state index contributed by atoms with van der Waals surface area (Å²) in [6.45, 7) is 0. The number of nitrogens with zero attached hydrogens (tertiary/aromatic N) is 2. The predicted molar refractivity (Wildman–Crippen MR) is 101 cm³/mol. The normalized spacial score (nSPS) is 21.6. The van der Waals surface area contributed by atoms with Crippen LogP contribution in [0.5, 0.6) is 5.75 Å². The highest BCUT2D eigenvalue weighted by atomic mass is 79.9. The minimum Gasteiger partial charge on any atom is -0.492 e. The highest BCUT2D eigenvalue weighted by Crippen LogP contribution is 2.37. The molecule has 0 radical (unpaired) electrons. The third-order valence-corrected chi connectivity index (χ3v) is 5.16. The molecule has 1 aromatic rings. The molecule has 0 spiro atoms. The Morgan fingerprint density at radius 1 is 1.41 bits per heavy atom. The SMILES string of the molecule is COC(=O)C1=NC(c2ccc(Cl)c(OC)c2F)CC(=NOS(C)(=O)=O)C1Br. The Labute approximate surface area is 168 Å². The lowest BCUT2D eigenvalue weighted by Gasteiger charge is -2.25. The molecule has 0 amide bonds. The lowest BCUT2D eigenvalue weighted by Crippen LogP contribution is -2.37. The van der Waals surface area contributed by atoms with E-state index < -0.39 is 32.8 Å². The fraction of sp³-hybridized carbons (Fsp3) is 0.400. The quantitative estimate of drug-likeness (QED) is 0.361. The summed E-state index contributed by atoms with van der Waals surface area (Å²) in [5.74, 6) is -1.70. The molecule has 1 aromatic carbocycles. The molecular weight excluding hydrogens is 471 g/mol. The largest absolute Gasteiger partial charge is 0.492 e. The molecule has 0 bridgehead atoms. The van der Waals surface area contributed by atoms with Gasteiger partial charge in [-0.1, -0.05) is 38.8 Å². The molecular formula is C15H15BrClFN2O6S. The highest BCUT2D eigenvalue weighted by Gasteiger charge is 2.36. The van der Waals surface area contributed by atoms with Crippen LogP contribution in [0.4, 0.5) is 4.39 Å². The van der Waals surface area contributed by atoms with Gasteiger partial charge in [0.25, 0.3) is 0 Å². The topological polar surface area (TPSA) is 104 Å². The molecule has 1 aliphatic rings. The van der Waals surface area contributed by atoms with E-state index >= 15 is 0 Å². The van der Waals surface area contributed by atoms with Crippen molar-refractivity contribution in [2.24, 2.45) is 10.1 Å². The molecule has 2 rings (SSSR count). The molecule has 12 heteroatoms. The molecule has 148 valence electrons. The van der Waals surface area contributed by atoms with E-state index in [1.165, 1.54) is 19.2 Å². The maximum absolute atomic E-state index is 14.8. The zero-order chi connectivity index (χ0) is 20.4. The fourth-order valence-electron chi connectivity index (χ4n) is 2.37. The van der Waals surface area contributed by atoms with Crippen LogP contribution < -0.4 is 4.74 Å². The number of alkyl halides is 1. The number of methoxy groups -OCH3 is 2. The molecule has 0 fully saturated rings. The summed E-state index contributed by atoms with van der Waals surface area (Å²) in [6, 6.07) is 1.92. The van der Waals surface area contributed by atoms with E-state index in [-0.39, 0.29) is 34.2 Å². The van der Waals surface area contributed by atoms with Crippen molar-refractivity contribution >= 4 is 55.0 Å². The molecule has 2 atom stereocenters. The molecule has 2 unspecified atom stereocenters. The smallest absolute Gasteiger partial charge is 0.353 e. The Morgan fingerprint density at radius 2 is 2.07 bits per heavy atom. The van der Waals surface area contributed by atoms with E-state index in [9.17, 15) is 17.6 Å². The number of halogens is 3. The van der Waals surface area contributed by atoms with Crippen molar-refractivity contribution in [3.8, 4) is 5.75 Å². The van der Waals surface area contributed by atoms with Crippen molar-refractivity contribution in [3.05, 3.63) is 28.5 Å². The molecule has 0 saturated heterocycles. The number of carbonyl (C=O) groups excluding carboxylic acids is 1. The van der Waals surface area contributed by atoms with Gasteiger partial charge in [-0.25, -0.2) is 9.18 Å². The van der Waals surface area contributed by atoms with Crippen LogP contribution in [-0.2, 0) is 23.9 Å². The Morgan fingerprint density at radius 3 is 2.63 bits per heavy atom. The van der Waals surface area contributed by atoms with Gasteiger partial charge in [0.2, 0.25) is 0 Å². The summed E-state index contributed by atoms with van der Waals surface area (Å²) in [5.41, 5.74) is 0.0937. The number of oxime groups is 1. The molecule has 0 aromatic heterocycles. The number of esters is 1. The number of carbonyl (C=O) groups is 1. The second kappa shape index (κ2) is 8.53. The van der Waals surface area contributed by atoms with E-state index in [0.717, 1.165) is 13.4 Å². The number of aliphatic imine (C=N–C) groups is 1. The van der Waals surface area contributed by atoms with Crippen molar-refractivity contribution in [2.75, 3.05) is 20.5 Å². The summed E-state index contributed by atoms with van der Waals surface area (Å²) >= 11 is 9.11. The van der Waals surface area contributed by atoms with Gasteiger partial charge in [-0.15, -0.1) is 0 Å². The first-order valence-electron chi connectivity index (χ1n) is 7.36. The Balaban J connectivity index is 2.55. The number of rotatable bonds is 5. The highest BCUT2D eigenvalue weighted by molar-refractivity contribution is 9.10. The zero-order valence-corrected chi connectivity index (χ0v) is 17.6. The van der Waals surface area contributed by atoms with Crippen LogP contribution in [0.3, 0.4) is 0 Å². The lowest BCUT2D eigenvalue weighted by atomic mass is 9.94. The van der Waals surface area contributed by atoms with Gasteiger partial charge in [-0.05, 0) is 6.07 Å². The third-order valence-electron chi connectivity index (χ3n) is 3.56. The van der Waals surface area contributed by atoms with E-state index in [2.05, 4.69) is 35.1 Å². The summed E-state index contributed by atoms with van der Waals surface area (Å²) < 4.78 is 51.3. The van der Waals surface area contributed by atoms with Crippen LogP contribution in [0.25, 0.3) is 0 Å². The standard InChI is InChI=1S/C15H15BrClFN2O6S/c1-24-14-8(17)5-4-7(12(14)18)9-6-10(20-26-27(3,22)23)11(16)13(19-9)15(21)25-2/h4-5,9,11H,6H2,1-3H3. The minimum absolute atomic E-state index is 0.0202. The summed E-state index contributed by atoms with van der Waals surface area (Å²) in [7, 11) is -1.45. The summed E-state index contributed by atoms with van der Waals surface area (Å²) in [4.78, 5) is 15.4. The number of hydrogen-bond donors (Lipinski definition) is 0. The molecule has 8 nitrogen and oxygen atoms in total. The lowest BCUT2D eigenvalue weighted by molar-refractivity contribution is -0.132. The number of ether oxygens (including phenoxy) is 2. The van der Waals surface area contributed by atoms with Gasteiger partial charge in [0.15, 0.2) is 11.6 Å². The molecule has 27 heavy (non-hydrogen) atoms. The van der Waals surface area contributed by atoms with Crippen LogP contribution in [0.1, 0.15) is 18.0 Å². The van der Waals surface area contributed by atoms with Gasteiger partial charge in [0, 0.05) is 12.0 Å². The van der Waals surface area contributed by atoms with Gasteiger partial charge < -0.3 is 9.47 Å². The fourth-order valence-corrected chi connectivity index (χ4v) is 3.40. The van der Waals surface area contributed by atoms with Gasteiger partial charge >= 0.3 is 16.1 Å². The van der Waals surface area contributed by atoms with E-state index in [1.807, 2.05) is 0 Å². The average molecular weight is 486 g/mol. The maximum atomic E-state index is 14.8. The second-order valence-corrected chi connectivity index (χ2v) is 8.31. The second-order valence-electron chi connectivity index (χ2n) is 5.43. The van der Waals surface area contributed by atoms with Crippen LogP contribution in [0.15, 0.2) is 22.3 Å². The molecule has 0 saturated carbocycles. The predicted octanol–water partition coefficient (Wildman–Crippen LogP) is 2.64. The first-order chi connectivity index (χ1) is 12.6. The Kier molecular flexibility index (Phi) is 6.82. The van der Waals surface area contributed by atoms with Crippen molar-refractivity contribution in [1.29, 1.82) is 0 Å². The molecule has 0 aliphatic carbocycles. The van der Waals surface area contributed by atoms with Gasteiger partial charge in [0.1, 0.15) is 10.5 Å². The van der Waals surface area contributed by atoms with Crippen LogP contribution in [-0.4, -0.2) is 51.1 Å². The molecule has 1 aliphatic heterocycles. The van der Waals surface area contributed by atoms with Gasteiger partial charge in [0.05, 0.1) is 37.3 Å². The van der Waals surface area contributed by atoms with Crippen LogP contribution >= 0.6 is 27.5 Å². The number of hydrogen-bond acceptors (Lipinski definition) is 8. The van der Waals surface area contributed by atoms with Crippen molar-refractivity contribution in [2.45, 2.75) is 17.3 Å². The third kappa shape index (κ3) is 4.96. The first kappa shape index (κ1) is 21.6. The number of benzene rings is 1. The van der Waals surface area contributed by atoms with Gasteiger partial charge in [-0.3, -0.25) is 9.28 Å². The van der Waals surface area contributed by atoms with E-state index in [0.29, 0.717) is 0 Å². The molecule has 1 heterocycles. The Bertz CT molecular complexity index is 921. The van der Waals surface area contributed by atoms with Crippen molar-refractivity contribution < 1.29 is 31.4 Å². The van der Waals surface area contributed by atoms with E-state index in [1.54, 1.807) is 0 Å².